The van der Waals surface area contributed by atoms with E-state index in [1.807, 2.05) is 84.9 Å². The van der Waals surface area contributed by atoms with E-state index in [0.717, 1.165) is 105 Å². The zero-order valence-corrected chi connectivity index (χ0v) is 53.2. The maximum absolute atomic E-state index is 10.6. The van der Waals surface area contributed by atoms with Crippen molar-refractivity contribution >= 4 is 43.6 Å². The first-order valence-corrected chi connectivity index (χ1v) is 30.8. The van der Waals surface area contributed by atoms with Gasteiger partial charge in [0.2, 0.25) is 0 Å². The Hall–Kier alpha value is -10.7. The average Bonchev–Trinajstić information content (AvgIpc) is 1.56. The number of rotatable bonds is 8. The van der Waals surface area contributed by atoms with Gasteiger partial charge in [0.1, 0.15) is 0 Å². The Labute approximate surface area is 527 Å². The van der Waals surface area contributed by atoms with Gasteiger partial charge in [0.05, 0.1) is 68.3 Å². The van der Waals surface area contributed by atoms with Gasteiger partial charge in [0.15, 0.2) is 17.5 Å². The molecular weight excluding hydrogens is 1100 g/mol. The maximum atomic E-state index is 10.6. The molecule has 13 aromatic rings. The van der Waals surface area contributed by atoms with E-state index < -0.39 is 0 Å². The lowest BCUT2D eigenvalue weighted by Crippen LogP contribution is -2.10. The summed E-state index contributed by atoms with van der Waals surface area (Å²) in [5, 5.41) is 35.5. The molecule has 0 N–H and O–H groups in total. The number of benzene rings is 10. The predicted molar refractivity (Wildman–Crippen MR) is 370 cm³/mol. The molecule has 8 nitrogen and oxygen atoms in total. The minimum Gasteiger partial charge on any atom is -0.308 e. The van der Waals surface area contributed by atoms with Crippen LogP contribution in [0.5, 0.6) is 0 Å². The molecule has 3 heterocycles. The first-order chi connectivity index (χ1) is 43.0. The minimum atomic E-state index is -0.120. The molecule has 0 spiro atoms. The molecule has 3 aromatic heterocycles. The van der Waals surface area contributed by atoms with Crippen molar-refractivity contribution in [2.45, 2.75) is 105 Å². The van der Waals surface area contributed by atoms with Crippen molar-refractivity contribution in [3.8, 4) is 97.1 Å². The van der Waals surface area contributed by atoms with Crippen LogP contribution in [0.3, 0.4) is 0 Å². The van der Waals surface area contributed by atoms with E-state index in [2.05, 4.69) is 232 Å². The van der Waals surface area contributed by atoms with E-state index in [0.29, 0.717) is 34.2 Å². The lowest BCUT2D eigenvalue weighted by Gasteiger charge is -2.20. The van der Waals surface area contributed by atoms with Gasteiger partial charge in [-0.25, -0.2) is 15.0 Å². The molecule has 0 bridgehead atoms. The molecule has 0 aliphatic rings. The zero-order chi connectivity index (χ0) is 63.2. The van der Waals surface area contributed by atoms with E-state index >= 15 is 0 Å². The van der Waals surface area contributed by atoms with Crippen molar-refractivity contribution in [3.63, 3.8) is 0 Å². The summed E-state index contributed by atoms with van der Waals surface area (Å²) in [6.45, 7) is 27.1. The average molecular weight is 1170 g/mol. The van der Waals surface area contributed by atoms with Gasteiger partial charge in [0, 0.05) is 38.2 Å². The molecule has 13 rings (SSSR count). The summed E-state index contributed by atoms with van der Waals surface area (Å²) >= 11 is 0. The van der Waals surface area contributed by atoms with E-state index in [4.69, 9.17) is 15.0 Å². The highest BCUT2D eigenvalue weighted by atomic mass is 15.1. The number of hydrogen-bond acceptors (Lipinski definition) is 6. The molecule has 0 saturated carbocycles. The number of hydrogen-bond donors (Lipinski definition) is 0. The van der Waals surface area contributed by atoms with E-state index in [1.165, 1.54) is 22.3 Å². The van der Waals surface area contributed by atoms with Gasteiger partial charge in [-0.05, 0) is 180 Å². The predicted octanol–water partition coefficient (Wildman–Crippen LogP) is 20.9. The second-order valence-corrected chi connectivity index (χ2v) is 28.0. The van der Waals surface area contributed by atoms with Gasteiger partial charge in [-0.3, -0.25) is 0 Å². The molecule has 8 heteroatoms. The second-order valence-electron chi connectivity index (χ2n) is 28.0. The maximum Gasteiger partial charge on any atom is 0.166 e. The fourth-order valence-corrected chi connectivity index (χ4v) is 12.6. The van der Waals surface area contributed by atoms with Crippen LogP contribution >= 0.6 is 0 Å². The fourth-order valence-electron chi connectivity index (χ4n) is 12.6. The summed E-state index contributed by atoms with van der Waals surface area (Å²) < 4.78 is 4.71. The molecule has 10 aromatic carbocycles. The van der Waals surface area contributed by atoms with Gasteiger partial charge in [-0.1, -0.05) is 186 Å². The molecule has 90 heavy (non-hydrogen) atoms. The van der Waals surface area contributed by atoms with Crippen LogP contribution in [0.25, 0.3) is 123 Å². The van der Waals surface area contributed by atoms with E-state index in [1.54, 1.807) is 0 Å². The largest absolute Gasteiger partial charge is 0.308 e. The molecule has 438 valence electrons. The molecule has 0 amide bonds. The molecule has 0 atom stereocenters. The fraction of sp³-hybridized carbons (Fsp3) is 0.195. The number of nitrogens with zero attached hydrogens (tertiary/aromatic N) is 8. The summed E-state index contributed by atoms with van der Waals surface area (Å²) in [7, 11) is 0. The Morgan fingerprint density at radius 1 is 0.289 bits per heavy atom. The van der Waals surface area contributed by atoms with Crippen LogP contribution in [-0.4, -0.2) is 24.1 Å². The number of aromatic nitrogens is 5. The first kappa shape index (κ1) is 58.3. The second kappa shape index (κ2) is 21.8. The Balaban J connectivity index is 1.16. The first-order valence-electron chi connectivity index (χ1n) is 30.8. The van der Waals surface area contributed by atoms with E-state index in [-0.39, 0.29) is 21.7 Å². The Kier molecular flexibility index (Phi) is 14.2. The van der Waals surface area contributed by atoms with Gasteiger partial charge in [0.25, 0.3) is 0 Å². The van der Waals surface area contributed by atoms with Crippen molar-refractivity contribution in [1.82, 2.24) is 24.1 Å². The quantitative estimate of drug-likeness (QED) is 0.149. The van der Waals surface area contributed by atoms with Crippen molar-refractivity contribution in [2.75, 3.05) is 0 Å². The summed E-state index contributed by atoms with van der Waals surface area (Å²) in [5.74, 6) is 1.34. The standard InChI is InChI=1S/C82H70N8/c1-79(2,3)58-30-36-70-66(43-58)67-44-59(80(4,5)6)31-37-71(67)89(70)74-41-53(62-22-15-13-18-56(62)48-84)28-34-64(74)77-86-76(55-21-17-20-52(40-55)51-26-24-50(47-83)25-27-51)87-78(88-77)65-35-29-54(63-23-16-14-19-57(63)49-85)42-75(65)90-72-38-32-60(81(7,8)9)45-68(72)69-46-61(82(10,11)12)33-39-73(69)90/h13-46H,1-12H3. The van der Waals surface area contributed by atoms with Crippen LogP contribution in [0, 0.1) is 34.0 Å². The van der Waals surface area contributed by atoms with Gasteiger partial charge in [-0.2, -0.15) is 15.8 Å². The summed E-state index contributed by atoms with van der Waals surface area (Å²) in [5.41, 5.74) is 19.4. The smallest absolute Gasteiger partial charge is 0.166 e. The third-order valence-electron chi connectivity index (χ3n) is 17.8. The third-order valence-corrected chi connectivity index (χ3v) is 17.8. The highest BCUT2D eigenvalue weighted by Crippen LogP contribution is 2.45. The van der Waals surface area contributed by atoms with E-state index in [9.17, 15) is 15.8 Å². The van der Waals surface area contributed by atoms with Gasteiger partial charge in [-0.15, -0.1) is 0 Å². The normalized spacial score (nSPS) is 12.2. The summed E-state index contributed by atoms with van der Waals surface area (Å²) in [6, 6.07) is 78.8. The highest BCUT2D eigenvalue weighted by Gasteiger charge is 2.28. The van der Waals surface area contributed by atoms with Crippen molar-refractivity contribution in [3.05, 3.63) is 245 Å². The van der Waals surface area contributed by atoms with Crippen LogP contribution in [0.2, 0.25) is 0 Å². The monoisotopic (exact) mass is 1170 g/mol. The SMILES string of the molecule is CC(C)(C)c1ccc2c(c1)c1cc(C(C)(C)C)ccc1n2-c1cc(-c2ccccc2C#N)ccc1-c1nc(-c2cccc(-c3ccc(C#N)cc3)c2)nc(-c2ccc(-c3ccccc3C#N)cc2-n2c3ccc(C(C)(C)C)cc3c3cc(C(C)(C)C)ccc32)n1. The molecular formula is C82H70N8. The molecule has 0 unspecified atom stereocenters. The van der Waals surface area contributed by atoms with Gasteiger partial charge >= 0.3 is 0 Å². The molecule has 0 aliphatic carbocycles. The topological polar surface area (TPSA) is 120 Å². The minimum absolute atomic E-state index is 0.120. The Morgan fingerprint density at radius 2 is 0.644 bits per heavy atom. The third kappa shape index (κ3) is 10.5. The van der Waals surface area contributed by atoms with Crippen molar-refractivity contribution in [1.29, 1.82) is 15.8 Å². The van der Waals surface area contributed by atoms with Crippen LogP contribution < -0.4 is 0 Å². The van der Waals surface area contributed by atoms with Crippen LogP contribution in [0.4, 0.5) is 0 Å². The van der Waals surface area contributed by atoms with Crippen molar-refractivity contribution < 1.29 is 0 Å². The molecule has 0 fully saturated rings. The van der Waals surface area contributed by atoms with Crippen LogP contribution in [-0.2, 0) is 21.7 Å². The van der Waals surface area contributed by atoms with Gasteiger partial charge < -0.3 is 9.13 Å². The zero-order valence-electron chi connectivity index (χ0n) is 53.2. The summed E-state index contributed by atoms with van der Waals surface area (Å²) in [6.07, 6.45) is 0. The lowest BCUT2D eigenvalue weighted by atomic mass is 9.85. The van der Waals surface area contributed by atoms with Crippen molar-refractivity contribution in [2.24, 2.45) is 0 Å². The van der Waals surface area contributed by atoms with Crippen LogP contribution in [0.15, 0.2) is 206 Å². The number of nitriles is 3. The lowest BCUT2D eigenvalue weighted by molar-refractivity contribution is 0.590. The number of fused-ring (bicyclic) bond motifs is 6. The molecule has 0 radical (unpaired) electrons. The Bertz CT molecular complexity index is 4780. The Morgan fingerprint density at radius 3 is 1.01 bits per heavy atom. The van der Waals surface area contributed by atoms with Crippen LogP contribution in [0.1, 0.15) is 122 Å². The summed E-state index contributed by atoms with van der Waals surface area (Å²) in [4.78, 5) is 16.9. The molecule has 0 aliphatic heterocycles. The highest BCUT2D eigenvalue weighted by molar-refractivity contribution is 6.12. The molecule has 0 saturated heterocycles.